The van der Waals surface area contributed by atoms with E-state index >= 15 is 0 Å². The van der Waals surface area contributed by atoms with Crippen molar-refractivity contribution in [3.8, 4) is 0 Å². The largest absolute Gasteiger partial charge is 0.354 e. The maximum atomic E-state index is 12.2. The van der Waals surface area contributed by atoms with Crippen LogP contribution in [0, 0.1) is 3.57 Å². The third kappa shape index (κ3) is 4.81. The molecule has 2 heterocycles. The Bertz CT molecular complexity index is 702. The third-order valence-electron chi connectivity index (χ3n) is 3.88. The number of rotatable bonds is 4. The van der Waals surface area contributed by atoms with Crippen molar-refractivity contribution in [2.75, 3.05) is 42.9 Å². The second-order valence-electron chi connectivity index (χ2n) is 5.66. The van der Waals surface area contributed by atoms with Gasteiger partial charge in [-0.1, -0.05) is 17.7 Å². The van der Waals surface area contributed by atoms with E-state index in [1.807, 2.05) is 36.4 Å². The first-order valence-corrected chi connectivity index (χ1v) is 9.20. The van der Waals surface area contributed by atoms with Crippen LogP contribution in [0.4, 0.5) is 11.5 Å². The monoisotopic (exact) mass is 456 g/mol. The van der Waals surface area contributed by atoms with Crippen LogP contribution in [0.5, 0.6) is 0 Å². The Kier molecular flexibility index (Phi) is 5.91. The Morgan fingerprint density at radius 3 is 2.67 bits per heavy atom. The number of piperazine rings is 1. The van der Waals surface area contributed by atoms with Crippen molar-refractivity contribution >= 4 is 51.6 Å². The molecule has 1 aromatic carbocycles. The van der Waals surface area contributed by atoms with Crippen LogP contribution in [-0.2, 0) is 4.79 Å². The van der Waals surface area contributed by atoms with Crippen LogP contribution in [0.3, 0.4) is 0 Å². The number of nitrogens with zero attached hydrogens (tertiary/aromatic N) is 3. The van der Waals surface area contributed by atoms with Gasteiger partial charge in [0.2, 0.25) is 5.91 Å². The summed E-state index contributed by atoms with van der Waals surface area (Å²) >= 11 is 8.11. The van der Waals surface area contributed by atoms with Crippen molar-refractivity contribution in [3.63, 3.8) is 0 Å². The number of halogens is 2. The smallest absolute Gasteiger partial charge is 0.238 e. The van der Waals surface area contributed by atoms with E-state index in [0.717, 1.165) is 41.3 Å². The van der Waals surface area contributed by atoms with Crippen LogP contribution in [0.1, 0.15) is 0 Å². The normalized spacial score (nSPS) is 15.3. The van der Waals surface area contributed by atoms with Gasteiger partial charge < -0.3 is 10.2 Å². The van der Waals surface area contributed by atoms with E-state index in [1.54, 1.807) is 6.20 Å². The minimum Gasteiger partial charge on any atom is -0.354 e. The van der Waals surface area contributed by atoms with Gasteiger partial charge in [-0.3, -0.25) is 9.69 Å². The van der Waals surface area contributed by atoms with Gasteiger partial charge in [0.15, 0.2) is 0 Å². The molecule has 24 heavy (non-hydrogen) atoms. The standard InChI is InChI=1S/C17H18ClIN4O/c18-13-4-5-16(20-11-13)23-8-6-22(7-9-23)12-17(24)21-15-3-1-2-14(19)10-15/h1-5,10-11H,6-9,12H2,(H,21,24). The molecule has 1 aliphatic heterocycles. The summed E-state index contributed by atoms with van der Waals surface area (Å²) in [6, 6.07) is 11.6. The van der Waals surface area contributed by atoms with Gasteiger partial charge in [0.25, 0.3) is 0 Å². The lowest BCUT2D eigenvalue weighted by Crippen LogP contribution is -2.48. The lowest BCUT2D eigenvalue weighted by molar-refractivity contribution is -0.117. The number of aromatic nitrogens is 1. The fraction of sp³-hybridized carbons (Fsp3) is 0.294. The Morgan fingerprint density at radius 1 is 1.21 bits per heavy atom. The lowest BCUT2D eigenvalue weighted by atomic mass is 10.3. The summed E-state index contributed by atoms with van der Waals surface area (Å²) in [5.41, 5.74) is 0.843. The van der Waals surface area contributed by atoms with Crippen molar-refractivity contribution in [2.24, 2.45) is 0 Å². The first kappa shape index (κ1) is 17.4. The SMILES string of the molecule is O=C(CN1CCN(c2ccc(Cl)cn2)CC1)Nc1cccc(I)c1. The number of carbonyl (C=O) groups excluding carboxylic acids is 1. The number of carbonyl (C=O) groups is 1. The average molecular weight is 457 g/mol. The van der Waals surface area contributed by atoms with E-state index in [0.29, 0.717) is 11.6 Å². The minimum atomic E-state index is 0.0232. The van der Waals surface area contributed by atoms with Crippen molar-refractivity contribution in [2.45, 2.75) is 0 Å². The topological polar surface area (TPSA) is 48.5 Å². The Morgan fingerprint density at radius 2 is 2.00 bits per heavy atom. The molecule has 0 radical (unpaired) electrons. The van der Waals surface area contributed by atoms with Crippen LogP contribution < -0.4 is 10.2 Å². The molecule has 1 saturated heterocycles. The van der Waals surface area contributed by atoms with E-state index in [4.69, 9.17) is 11.6 Å². The summed E-state index contributed by atoms with van der Waals surface area (Å²) in [5.74, 6) is 0.956. The maximum Gasteiger partial charge on any atom is 0.238 e. The zero-order chi connectivity index (χ0) is 16.9. The molecule has 3 rings (SSSR count). The van der Waals surface area contributed by atoms with Crippen LogP contribution in [-0.4, -0.2) is 48.5 Å². The molecule has 5 nitrogen and oxygen atoms in total. The molecule has 1 N–H and O–H groups in total. The summed E-state index contributed by atoms with van der Waals surface area (Å²) in [7, 11) is 0. The molecule has 0 unspecified atom stereocenters. The predicted octanol–water partition coefficient (Wildman–Crippen LogP) is 3.10. The predicted molar refractivity (Wildman–Crippen MR) is 106 cm³/mol. The third-order valence-corrected chi connectivity index (χ3v) is 4.78. The van der Waals surface area contributed by atoms with E-state index in [9.17, 15) is 4.79 Å². The van der Waals surface area contributed by atoms with Gasteiger partial charge in [-0.2, -0.15) is 0 Å². The molecule has 0 atom stereocenters. The van der Waals surface area contributed by atoms with Gasteiger partial charge in [0.1, 0.15) is 5.82 Å². The van der Waals surface area contributed by atoms with Crippen LogP contribution >= 0.6 is 34.2 Å². The molecule has 1 aliphatic rings. The number of hydrogen-bond donors (Lipinski definition) is 1. The highest BCUT2D eigenvalue weighted by Gasteiger charge is 2.19. The zero-order valence-corrected chi connectivity index (χ0v) is 16.0. The van der Waals surface area contributed by atoms with Gasteiger partial charge in [-0.15, -0.1) is 0 Å². The highest BCUT2D eigenvalue weighted by atomic mass is 127. The maximum absolute atomic E-state index is 12.2. The van der Waals surface area contributed by atoms with Crippen LogP contribution in [0.2, 0.25) is 5.02 Å². The molecule has 126 valence electrons. The second-order valence-corrected chi connectivity index (χ2v) is 7.34. The van der Waals surface area contributed by atoms with Crippen molar-refractivity contribution in [3.05, 3.63) is 51.2 Å². The Hall–Kier alpha value is -1.38. The molecular formula is C17H18ClIN4O. The quantitative estimate of drug-likeness (QED) is 0.719. The molecule has 0 bridgehead atoms. The Balaban J connectivity index is 1.48. The molecule has 0 aliphatic carbocycles. The molecule has 2 aromatic rings. The molecule has 1 aromatic heterocycles. The van der Waals surface area contributed by atoms with Crippen molar-refractivity contribution < 1.29 is 4.79 Å². The highest BCUT2D eigenvalue weighted by Crippen LogP contribution is 2.16. The number of anilines is 2. The van der Waals surface area contributed by atoms with Crippen LogP contribution in [0.25, 0.3) is 0 Å². The summed E-state index contributed by atoms with van der Waals surface area (Å²) in [6.45, 7) is 3.79. The van der Waals surface area contributed by atoms with E-state index in [-0.39, 0.29) is 5.91 Å². The summed E-state index contributed by atoms with van der Waals surface area (Å²) in [5, 5.41) is 3.60. The van der Waals surface area contributed by atoms with E-state index < -0.39 is 0 Å². The zero-order valence-electron chi connectivity index (χ0n) is 13.1. The van der Waals surface area contributed by atoms with E-state index in [2.05, 4.69) is 42.7 Å². The van der Waals surface area contributed by atoms with Crippen LogP contribution in [0.15, 0.2) is 42.6 Å². The van der Waals surface area contributed by atoms with Gasteiger partial charge in [-0.25, -0.2) is 4.98 Å². The van der Waals surface area contributed by atoms with Crippen molar-refractivity contribution in [1.29, 1.82) is 0 Å². The van der Waals surface area contributed by atoms with E-state index in [1.165, 1.54) is 0 Å². The van der Waals surface area contributed by atoms with Gasteiger partial charge in [0, 0.05) is 41.6 Å². The second kappa shape index (κ2) is 8.13. The molecule has 7 heteroatoms. The lowest BCUT2D eigenvalue weighted by Gasteiger charge is -2.35. The summed E-state index contributed by atoms with van der Waals surface area (Å²) in [6.07, 6.45) is 1.66. The fourth-order valence-electron chi connectivity index (χ4n) is 2.66. The molecule has 1 fully saturated rings. The first-order valence-electron chi connectivity index (χ1n) is 7.74. The average Bonchev–Trinajstić information content (AvgIpc) is 2.56. The first-order chi connectivity index (χ1) is 11.6. The summed E-state index contributed by atoms with van der Waals surface area (Å²) in [4.78, 5) is 20.9. The molecule has 0 spiro atoms. The number of nitrogens with one attached hydrogen (secondary N) is 1. The number of benzene rings is 1. The Labute approximate surface area is 160 Å². The summed E-state index contributed by atoms with van der Waals surface area (Å²) < 4.78 is 1.11. The minimum absolute atomic E-state index is 0.0232. The molecule has 1 amide bonds. The highest BCUT2D eigenvalue weighted by molar-refractivity contribution is 14.1. The number of hydrogen-bond acceptors (Lipinski definition) is 4. The van der Waals surface area contributed by atoms with Crippen molar-refractivity contribution in [1.82, 2.24) is 9.88 Å². The van der Waals surface area contributed by atoms with Gasteiger partial charge >= 0.3 is 0 Å². The van der Waals surface area contributed by atoms with Gasteiger partial charge in [-0.05, 0) is 52.9 Å². The number of pyridine rings is 1. The number of amides is 1. The fourth-order valence-corrected chi connectivity index (χ4v) is 3.31. The van der Waals surface area contributed by atoms with Gasteiger partial charge in [0.05, 0.1) is 11.6 Å². The molecular weight excluding hydrogens is 439 g/mol. The molecule has 0 saturated carbocycles.